The first-order valence-corrected chi connectivity index (χ1v) is 10.3. The highest BCUT2D eigenvalue weighted by molar-refractivity contribution is 5.80. The van der Waals surface area contributed by atoms with Crippen LogP contribution in [0.3, 0.4) is 0 Å². The monoisotopic (exact) mass is 382 g/mol. The molecule has 1 N–H and O–H groups in total. The number of amides is 1. The Kier molecular flexibility index (Phi) is 8.20. The van der Waals surface area contributed by atoms with Gasteiger partial charge in [0.05, 0.1) is 0 Å². The summed E-state index contributed by atoms with van der Waals surface area (Å²) in [5, 5.41) is 3.40. The molecule has 0 unspecified atom stereocenters. The molecule has 0 radical (unpaired) electrons. The highest BCUT2D eigenvalue weighted by Crippen LogP contribution is 2.32. The Labute approximate surface area is 164 Å². The van der Waals surface area contributed by atoms with Crippen LogP contribution in [0.1, 0.15) is 52.9 Å². The molecule has 1 saturated carbocycles. The van der Waals surface area contributed by atoms with Crippen molar-refractivity contribution in [2.45, 2.75) is 64.5 Å². The second kappa shape index (κ2) is 10.2. The maximum absolute atomic E-state index is 12.7. The summed E-state index contributed by atoms with van der Waals surface area (Å²) in [6, 6.07) is 0.253. The number of guanidine groups is 1. The molecule has 0 bridgehead atoms. The fourth-order valence-electron chi connectivity index (χ4n) is 3.41. The van der Waals surface area contributed by atoms with Crippen LogP contribution in [0.2, 0.25) is 0 Å². The molecule has 1 amide bonds. The minimum Gasteiger partial charge on any atom is -0.444 e. The highest BCUT2D eigenvalue weighted by Gasteiger charge is 2.35. The third kappa shape index (κ3) is 7.56. The molecule has 0 aromatic heterocycles. The third-order valence-electron chi connectivity index (χ3n) is 5.00. The molecule has 27 heavy (non-hydrogen) atoms. The van der Waals surface area contributed by atoms with Gasteiger partial charge in [0.25, 0.3) is 0 Å². The van der Waals surface area contributed by atoms with E-state index in [1.807, 2.05) is 32.7 Å². The number of hydrogen-bond donors (Lipinski definition) is 1. The Balaban J connectivity index is 1.87. The number of aliphatic imine (C=N–C) groups is 1. The van der Waals surface area contributed by atoms with E-state index < -0.39 is 5.60 Å². The lowest BCUT2D eigenvalue weighted by molar-refractivity contribution is 0.00928. The molecule has 0 aromatic rings. The van der Waals surface area contributed by atoms with Gasteiger partial charge in [-0.2, -0.15) is 0 Å². The first-order chi connectivity index (χ1) is 12.8. The molecule has 0 aromatic carbocycles. The summed E-state index contributed by atoms with van der Waals surface area (Å²) in [6.07, 6.45) is 5.16. The number of hydrogen-bond acceptors (Lipinski definition) is 4. The molecule has 0 spiro atoms. The van der Waals surface area contributed by atoms with Crippen molar-refractivity contribution in [3.05, 3.63) is 0 Å². The molecular formula is C20H38N4O3. The lowest BCUT2D eigenvalue weighted by atomic mass is 10.0. The number of methoxy groups -OCH3 is 1. The summed E-state index contributed by atoms with van der Waals surface area (Å²) >= 11 is 0. The van der Waals surface area contributed by atoms with Crippen LogP contribution >= 0.6 is 0 Å². The van der Waals surface area contributed by atoms with Crippen molar-refractivity contribution in [2.75, 3.05) is 46.9 Å². The van der Waals surface area contributed by atoms with Crippen molar-refractivity contribution in [3.63, 3.8) is 0 Å². The van der Waals surface area contributed by atoms with Crippen molar-refractivity contribution in [1.82, 2.24) is 15.1 Å². The fraction of sp³-hybridized carbons (Fsp3) is 0.900. The van der Waals surface area contributed by atoms with Crippen LogP contribution in [0.5, 0.6) is 0 Å². The Hall–Kier alpha value is -1.50. The van der Waals surface area contributed by atoms with Gasteiger partial charge >= 0.3 is 6.09 Å². The topological polar surface area (TPSA) is 66.4 Å². The van der Waals surface area contributed by atoms with Crippen molar-refractivity contribution >= 4 is 12.1 Å². The molecule has 1 aliphatic heterocycles. The van der Waals surface area contributed by atoms with Crippen LogP contribution in [0.4, 0.5) is 4.79 Å². The molecule has 7 nitrogen and oxygen atoms in total. The van der Waals surface area contributed by atoms with Crippen LogP contribution in [0, 0.1) is 5.92 Å². The van der Waals surface area contributed by atoms with Gasteiger partial charge in [0.2, 0.25) is 0 Å². The van der Waals surface area contributed by atoms with Crippen LogP contribution in [-0.2, 0) is 9.47 Å². The number of nitrogens with one attached hydrogen (secondary N) is 1. The molecule has 1 saturated heterocycles. The lowest BCUT2D eigenvalue weighted by Crippen LogP contribution is -2.52. The molecular weight excluding hydrogens is 344 g/mol. The average molecular weight is 383 g/mol. The van der Waals surface area contributed by atoms with E-state index in [1.165, 1.54) is 12.8 Å². The maximum Gasteiger partial charge on any atom is 0.410 e. The van der Waals surface area contributed by atoms with Gasteiger partial charge < -0.3 is 24.6 Å². The Bertz CT molecular complexity index is 492. The van der Waals surface area contributed by atoms with E-state index in [9.17, 15) is 4.79 Å². The summed E-state index contributed by atoms with van der Waals surface area (Å²) in [6.45, 7) is 10.0. The van der Waals surface area contributed by atoms with Gasteiger partial charge in [0.1, 0.15) is 5.60 Å². The molecule has 2 fully saturated rings. The van der Waals surface area contributed by atoms with E-state index in [1.54, 1.807) is 7.11 Å². The first kappa shape index (κ1) is 21.8. The standard InChI is InChI=1S/C20H38N4O3/c1-20(2,3)27-19(25)24(15-16-7-8-16)17-9-12-23(13-10-17)18(21-4)22-11-6-14-26-5/h16-17H,6-15H2,1-5H3,(H,21,22). The number of carbonyl (C=O) groups excluding carboxylic acids is 1. The second-order valence-electron chi connectivity index (χ2n) is 8.61. The zero-order valence-corrected chi connectivity index (χ0v) is 17.8. The van der Waals surface area contributed by atoms with Crippen LogP contribution in [0.15, 0.2) is 4.99 Å². The normalized spacial score (nSPS) is 19.1. The van der Waals surface area contributed by atoms with Gasteiger partial charge in [0.15, 0.2) is 5.96 Å². The molecule has 1 aliphatic carbocycles. The van der Waals surface area contributed by atoms with E-state index in [2.05, 4.69) is 15.2 Å². The number of likely N-dealkylation sites (tertiary alicyclic amines) is 1. The molecule has 156 valence electrons. The molecule has 0 atom stereocenters. The third-order valence-corrected chi connectivity index (χ3v) is 5.00. The first-order valence-electron chi connectivity index (χ1n) is 10.3. The minimum absolute atomic E-state index is 0.157. The van der Waals surface area contributed by atoms with Crippen LogP contribution in [-0.4, -0.2) is 80.4 Å². The number of ether oxygens (including phenoxy) is 2. The summed E-state index contributed by atoms with van der Waals surface area (Å²) in [4.78, 5) is 21.4. The Morgan fingerprint density at radius 2 is 1.89 bits per heavy atom. The highest BCUT2D eigenvalue weighted by atomic mass is 16.6. The van der Waals surface area contributed by atoms with Crippen molar-refractivity contribution in [3.8, 4) is 0 Å². The summed E-state index contributed by atoms with van der Waals surface area (Å²) < 4.78 is 10.8. The zero-order valence-electron chi connectivity index (χ0n) is 17.8. The number of carbonyl (C=O) groups is 1. The van der Waals surface area contributed by atoms with Crippen molar-refractivity contribution in [1.29, 1.82) is 0 Å². The van der Waals surface area contributed by atoms with Crippen molar-refractivity contribution < 1.29 is 14.3 Å². The Morgan fingerprint density at radius 1 is 1.22 bits per heavy atom. The van der Waals surface area contributed by atoms with Gasteiger partial charge in [-0.3, -0.25) is 4.99 Å². The van der Waals surface area contributed by atoms with Gasteiger partial charge in [-0.1, -0.05) is 0 Å². The van der Waals surface area contributed by atoms with E-state index in [-0.39, 0.29) is 12.1 Å². The SMILES string of the molecule is CN=C(NCCCOC)N1CCC(N(CC2CC2)C(=O)OC(C)(C)C)CC1. The fourth-order valence-corrected chi connectivity index (χ4v) is 3.41. The van der Waals surface area contributed by atoms with Crippen molar-refractivity contribution in [2.24, 2.45) is 10.9 Å². The maximum atomic E-state index is 12.7. The average Bonchev–Trinajstić information content (AvgIpc) is 3.43. The second-order valence-corrected chi connectivity index (χ2v) is 8.61. The van der Waals surface area contributed by atoms with Gasteiger partial charge in [-0.05, 0) is 58.8 Å². The molecule has 2 rings (SSSR count). The molecule has 7 heteroatoms. The summed E-state index contributed by atoms with van der Waals surface area (Å²) in [7, 11) is 3.54. The summed E-state index contributed by atoms with van der Waals surface area (Å²) in [5.41, 5.74) is -0.451. The van der Waals surface area contributed by atoms with Gasteiger partial charge in [0, 0.05) is 53.0 Å². The number of rotatable bonds is 7. The largest absolute Gasteiger partial charge is 0.444 e. The van der Waals surface area contributed by atoms with E-state index in [0.717, 1.165) is 58.0 Å². The van der Waals surface area contributed by atoms with Crippen LogP contribution in [0.25, 0.3) is 0 Å². The zero-order chi connectivity index (χ0) is 19.9. The minimum atomic E-state index is -0.451. The van der Waals surface area contributed by atoms with E-state index >= 15 is 0 Å². The molecule has 2 aliphatic rings. The predicted molar refractivity (Wildman–Crippen MR) is 108 cm³/mol. The lowest BCUT2D eigenvalue weighted by Gasteiger charge is -2.40. The van der Waals surface area contributed by atoms with E-state index in [4.69, 9.17) is 9.47 Å². The predicted octanol–water partition coefficient (Wildman–Crippen LogP) is 2.71. The van der Waals surface area contributed by atoms with Gasteiger partial charge in [-0.15, -0.1) is 0 Å². The van der Waals surface area contributed by atoms with Gasteiger partial charge in [-0.25, -0.2) is 4.79 Å². The Morgan fingerprint density at radius 3 is 2.41 bits per heavy atom. The number of nitrogens with zero attached hydrogens (tertiary/aromatic N) is 3. The van der Waals surface area contributed by atoms with E-state index in [0.29, 0.717) is 5.92 Å². The smallest absolute Gasteiger partial charge is 0.410 e. The summed E-state index contributed by atoms with van der Waals surface area (Å²) in [5.74, 6) is 1.60. The quantitative estimate of drug-likeness (QED) is 0.417. The number of piperidine rings is 1. The molecule has 1 heterocycles. The van der Waals surface area contributed by atoms with Crippen LogP contribution < -0.4 is 5.32 Å².